The highest BCUT2D eigenvalue weighted by Gasteiger charge is 2.12. The third kappa shape index (κ3) is 5.55. The molecule has 0 aliphatic carbocycles. The van der Waals surface area contributed by atoms with Gasteiger partial charge in [0.2, 0.25) is 0 Å². The average molecular weight is 390 g/mol. The standard InChI is InChI=1S/C20H31N5O3/c1-14-10-15(2)25(24-14)9-7-8-22-20(21-3)23-13-16-11-18(27-5)19(28-6)12-17(16)26-4/h10-12H,7-9,13H2,1-6H3,(H2,21,22,23). The summed E-state index contributed by atoms with van der Waals surface area (Å²) in [6.07, 6.45) is 0.947. The van der Waals surface area contributed by atoms with Crippen LogP contribution in [0.2, 0.25) is 0 Å². The highest BCUT2D eigenvalue weighted by molar-refractivity contribution is 5.79. The second kappa shape index (κ2) is 10.4. The van der Waals surface area contributed by atoms with Crippen LogP contribution in [0.15, 0.2) is 23.2 Å². The van der Waals surface area contributed by atoms with E-state index in [1.807, 2.05) is 23.7 Å². The Morgan fingerprint density at radius 3 is 2.25 bits per heavy atom. The van der Waals surface area contributed by atoms with Gasteiger partial charge < -0.3 is 24.8 Å². The topological polar surface area (TPSA) is 81.9 Å². The Balaban J connectivity index is 1.88. The number of methoxy groups -OCH3 is 3. The summed E-state index contributed by atoms with van der Waals surface area (Å²) in [6, 6.07) is 5.81. The number of guanidine groups is 1. The quantitative estimate of drug-likeness (QED) is 0.389. The number of benzene rings is 1. The average Bonchev–Trinajstić information content (AvgIpc) is 3.03. The van der Waals surface area contributed by atoms with Gasteiger partial charge in [-0.25, -0.2) is 0 Å². The first kappa shape index (κ1) is 21.4. The molecule has 0 atom stereocenters. The maximum atomic E-state index is 5.47. The van der Waals surface area contributed by atoms with Crippen molar-refractivity contribution >= 4 is 5.96 Å². The van der Waals surface area contributed by atoms with Gasteiger partial charge in [-0.3, -0.25) is 9.67 Å². The highest BCUT2D eigenvalue weighted by Crippen LogP contribution is 2.34. The minimum atomic E-state index is 0.542. The van der Waals surface area contributed by atoms with Gasteiger partial charge in [-0.15, -0.1) is 0 Å². The first-order valence-corrected chi connectivity index (χ1v) is 9.26. The Hall–Kier alpha value is -2.90. The van der Waals surface area contributed by atoms with Crippen molar-refractivity contribution in [3.63, 3.8) is 0 Å². The predicted octanol–water partition coefficient (Wildman–Crippen LogP) is 2.28. The van der Waals surface area contributed by atoms with E-state index in [2.05, 4.69) is 33.7 Å². The Kier molecular flexibility index (Phi) is 7.98. The molecule has 0 spiro atoms. The molecule has 0 aliphatic heterocycles. The van der Waals surface area contributed by atoms with Gasteiger partial charge in [0, 0.05) is 44.0 Å². The number of aryl methyl sites for hydroxylation is 3. The summed E-state index contributed by atoms with van der Waals surface area (Å²) in [5.74, 6) is 2.75. The van der Waals surface area contributed by atoms with Crippen molar-refractivity contribution in [1.29, 1.82) is 0 Å². The molecule has 8 heteroatoms. The lowest BCUT2D eigenvalue weighted by molar-refractivity contribution is 0.347. The molecule has 2 rings (SSSR count). The van der Waals surface area contributed by atoms with Crippen LogP contribution < -0.4 is 24.8 Å². The van der Waals surface area contributed by atoms with Crippen molar-refractivity contribution < 1.29 is 14.2 Å². The van der Waals surface area contributed by atoms with E-state index in [1.54, 1.807) is 28.4 Å². The van der Waals surface area contributed by atoms with Crippen LogP contribution in [0.4, 0.5) is 0 Å². The molecule has 1 aromatic carbocycles. The van der Waals surface area contributed by atoms with Crippen molar-refractivity contribution in [1.82, 2.24) is 20.4 Å². The third-order valence-electron chi connectivity index (χ3n) is 4.40. The third-order valence-corrected chi connectivity index (χ3v) is 4.40. The molecule has 0 saturated carbocycles. The van der Waals surface area contributed by atoms with E-state index >= 15 is 0 Å². The van der Waals surface area contributed by atoms with Crippen LogP contribution >= 0.6 is 0 Å². The number of hydrogen-bond donors (Lipinski definition) is 2. The largest absolute Gasteiger partial charge is 0.496 e. The molecule has 0 amide bonds. The molecule has 1 aromatic heterocycles. The van der Waals surface area contributed by atoms with Crippen molar-refractivity contribution in [2.45, 2.75) is 33.4 Å². The van der Waals surface area contributed by atoms with E-state index in [-0.39, 0.29) is 0 Å². The van der Waals surface area contributed by atoms with E-state index in [0.717, 1.165) is 42.5 Å². The van der Waals surface area contributed by atoms with Gasteiger partial charge in [0.15, 0.2) is 17.5 Å². The molecule has 2 aromatic rings. The fourth-order valence-corrected chi connectivity index (χ4v) is 2.97. The van der Waals surface area contributed by atoms with E-state index in [0.29, 0.717) is 18.0 Å². The van der Waals surface area contributed by atoms with E-state index < -0.39 is 0 Å². The summed E-state index contributed by atoms with van der Waals surface area (Å²) in [5, 5.41) is 11.1. The molecule has 2 N–H and O–H groups in total. The molecule has 1 heterocycles. The van der Waals surface area contributed by atoms with Crippen LogP contribution in [0.5, 0.6) is 17.2 Å². The zero-order valence-corrected chi connectivity index (χ0v) is 17.6. The van der Waals surface area contributed by atoms with Gasteiger partial charge in [0.05, 0.1) is 27.0 Å². The first-order chi connectivity index (χ1) is 13.5. The number of nitrogens with one attached hydrogen (secondary N) is 2. The SMILES string of the molecule is CN=C(NCCCn1nc(C)cc1C)NCc1cc(OC)c(OC)cc1OC. The lowest BCUT2D eigenvalue weighted by Crippen LogP contribution is -2.37. The van der Waals surface area contributed by atoms with Crippen molar-refractivity contribution in [2.24, 2.45) is 4.99 Å². The van der Waals surface area contributed by atoms with Gasteiger partial charge in [-0.05, 0) is 32.4 Å². The summed E-state index contributed by atoms with van der Waals surface area (Å²) in [4.78, 5) is 4.28. The lowest BCUT2D eigenvalue weighted by atomic mass is 10.1. The highest BCUT2D eigenvalue weighted by atomic mass is 16.5. The zero-order chi connectivity index (χ0) is 20.5. The minimum Gasteiger partial charge on any atom is -0.496 e. The molecular weight excluding hydrogens is 358 g/mol. The Bertz CT molecular complexity index is 801. The molecule has 154 valence electrons. The van der Waals surface area contributed by atoms with Gasteiger partial charge in [-0.1, -0.05) is 0 Å². The molecule has 8 nitrogen and oxygen atoms in total. The first-order valence-electron chi connectivity index (χ1n) is 9.26. The molecule has 0 fully saturated rings. The van der Waals surface area contributed by atoms with Crippen LogP contribution in [0.25, 0.3) is 0 Å². The molecule has 0 aliphatic rings. The van der Waals surface area contributed by atoms with Gasteiger partial charge in [0.1, 0.15) is 5.75 Å². The van der Waals surface area contributed by atoms with Gasteiger partial charge in [0.25, 0.3) is 0 Å². The van der Waals surface area contributed by atoms with Crippen molar-refractivity contribution in [3.05, 3.63) is 35.2 Å². The number of hydrogen-bond acceptors (Lipinski definition) is 5. The maximum absolute atomic E-state index is 5.47. The Labute approximate surface area is 166 Å². The zero-order valence-electron chi connectivity index (χ0n) is 17.6. The summed E-state index contributed by atoms with van der Waals surface area (Å²) >= 11 is 0. The maximum Gasteiger partial charge on any atom is 0.191 e. The van der Waals surface area contributed by atoms with Crippen LogP contribution in [0.3, 0.4) is 0 Å². The molecule has 28 heavy (non-hydrogen) atoms. The minimum absolute atomic E-state index is 0.542. The number of rotatable bonds is 9. The van der Waals surface area contributed by atoms with E-state index in [9.17, 15) is 0 Å². The summed E-state index contributed by atoms with van der Waals surface area (Å²) in [7, 11) is 6.61. The van der Waals surface area contributed by atoms with Crippen molar-refractivity contribution in [2.75, 3.05) is 34.9 Å². The Morgan fingerprint density at radius 2 is 1.68 bits per heavy atom. The second-order valence-corrected chi connectivity index (χ2v) is 6.38. The van der Waals surface area contributed by atoms with Gasteiger partial charge >= 0.3 is 0 Å². The fraction of sp³-hybridized carbons (Fsp3) is 0.500. The number of ether oxygens (including phenoxy) is 3. The number of aliphatic imine (C=N–C) groups is 1. The van der Waals surface area contributed by atoms with Gasteiger partial charge in [-0.2, -0.15) is 5.10 Å². The van der Waals surface area contributed by atoms with Crippen LogP contribution in [0.1, 0.15) is 23.4 Å². The monoisotopic (exact) mass is 389 g/mol. The number of nitrogens with zero attached hydrogens (tertiary/aromatic N) is 3. The predicted molar refractivity (Wildman–Crippen MR) is 111 cm³/mol. The lowest BCUT2D eigenvalue weighted by Gasteiger charge is -2.16. The van der Waals surface area contributed by atoms with Crippen LogP contribution in [-0.4, -0.2) is 50.7 Å². The molecular formula is C20H31N5O3. The normalized spacial score (nSPS) is 11.3. The second-order valence-electron chi connectivity index (χ2n) is 6.38. The Morgan fingerprint density at radius 1 is 1.00 bits per heavy atom. The number of aromatic nitrogens is 2. The van der Waals surface area contributed by atoms with E-state index in [1.165, 1.54) is 5.69 Å². The summed E-state index contributed by atoms with van der Waals surface area (Å²) in [5.41, 5.74) is 3.18. The fourth-order valence-electron chi connectivity index (χ4n) is 2.97. The molecule has 0 radical (unpaired) electrons. The van der Waals surface area contributed by atoms with Crippen molar-refractivity contribution in [3.8, 4) is 17.2 Å². The summed E-state index contributed by atoms with van der Waals surface area (Å²) in [6.45, 7) is 6.29. The van der Waals surface area contributed by atoms with Crippen LogP contribution in [-0.2, 0) is 13.1 Å². The molecule has 0 bridgehead atoms. The van der Waals surface area contributed by atoms with E-state index in [4.69, 9.17) is 14.2 Å². The smallest absolute Gasteiger partial charge is 0.191 e. The summed E-state index contributed by atoms with van der Waals surface area (Å²) < 4.78 is 18.2. The molecule has 0 saturated heterocycles. The van der Waals surface area contributed by atoms with Crippen LogP contribution in [0, 0.1) is 13.8 Å². The molecule has 0 unspecified atom stereocenters.